The molecule has 1 aliphatic rings. The summed E-state index contributed by atoms with van der Waals surface area (Å²) in [5.74, 6) is 7.61. The van der Waals surface area contributed by atoms with Crippen molar-refractivity contribution in [2.45, 2.75) is 51.8 Å². The normalized spacial score (nSPS) is 17.8. The van der Waals surface area contributed by atoms with Crippen LogP contribution in [0.5, 0.6) is 0 Å². The van der Waals surface area contributed by atoms with Crippen LogP contribution in [-0.4, -0.2) is 67.6 Å². The molecule has 0 spiro atoms. The summed E-state index contributed by atoms with van der Waals surface area (Å²) in [5.41, 5.74) is 9.70. The lowest BCUT2D eigenvalue weighted by atomic mass is 10.1. The van der Waals surface area contributed by atoms with E-state index < -0.39 is 5.60 Å². The van der Waals surface area contributed by atoms with Crippen LogP contribution in [0.15, 0.2) is 30.5 Å². The molecule has 37 heavy (non-hydrogen) atoms. The quantitative estimate of drug-likeness (QED) is 0.409. The monoisotopic (exact) mass is 501 g/mol. The summed E-state index contributed by atoms with van der Waals surface area (Å²) in [6.07, 6.45) is 1.96. The zero-order valence-electron chi connectivity index (χ0n) is 21.7. The van der Waals surface area contributed by atoms with E-state index in [1.165, 1.54) is 0 Å². The number of pyridine rings is 1. The summed E-state index contributed by atoms with van der Waals surface area (Å²) in [4.78, 5) is 26.7. The molecule has 192 valence electrons. The molecular formula is C27H31N7O3. The van der Waals surface area contributed by atoms with Crippen LogP contribution in [0.2, 0.25) is 0 Å². The van der Waals surface area contributed by atoms with Crippen molar-refractivity contribution in [3.8, 4) is 11.8 Å². The van der Waals surface area contributed by atoms with Gasteiger partial charge < -0.3 is 25.1 Å². The second kappa shape index (κ2) is 9.41. The maximum absolute atomic E-state index is 13.0. The van der Waals surface area contributed by atoms with Crippen molar-refractivity contribution in [1.29, 1.82) is 0 Å². The predicted octanol–water partition coefficient (Wildman–Crippen LogP) is 3.79. The molecule has 1 aromatic carbocycles. The van der Waals surface area contributed by atoms with Gasteiger partial charge >= 0.3 is 6.09 Å². The number of aromatic amines is 1. The second-order valence-corrected chi connectivity index (χ2v) is 10.3. The average Bonchev–Trinajstić information content (AvgIpc) is 3.51. The maximum atomic E-state index is 13.0. The van der Waals surface area contributed by atoms with Crippen LogP contribution >= 0.6 is 0 Å². The van der Waals surface area contributed by atoms with Gasteiger partial charge in [-0.1, -0.05) is 5.92 Å². The van der Waals surface area contributed by atoms with Gasteiger partial charge in [0.2, 0.25) is 0 Å². The van der Waals surface area contributed by atoms with E-state index in [0.717, 1.165) is 27.9 Å². The van der Waals surface area contributed by atoms with Gasteiger partial charge in [0.1, 0.15) is 22.9 Å². The Hall–Kier alpha value is -4.10. The summed E-state index contributed by atoms with van der Waals surface area (Å²) in [6.45, 7) is 8.33. The number of amides is 1. The van der Waals surface area contributed by atoms with E-state index in [4.69, 9.17) is 20.3 Å². The van der Waals surface area contributed by atoms with Gasteiger partial charge in [0, 0.05) is 25.4 Å². The summed E-state index contributed by atoms with van der Waals surface area (Å²) in [7, 11) is 1.63. The number of methoxy groups -OCH3 is 1. The van der Waals surface area contributed by atoms with Gasteiger partial charge in [0.05, 0.1) is 40.6 Å². The predicted molar refractivity (Wildman–Crippen MR) is 141 cm³/mol. The molecule has 3 N–H and O–H groups in total. The molecule has 0 bridgehead atoms. The van der Waals surface area contributed by atoms with Gasteiger partial charge in [-0.25, -0.2) is 14.8 Å². The number of nitrogens with one attached hydrogen (secondary N) is 1. The molecule has 0 aliphatic carbocycles. The number of imidazole rings is 1. The molecule has 4 aromatic rings. The van der Waals surface area contributed by atoms with Gasteiger partial charge in [0.15, 0.2) is 0 Å². The molecular weight excluding hydrogens is 470 g/mol. The van der Waals surface area contributed by atoms with Crippen molar-refractivity contribution >= 4 is 33.8 Å². The second-order valence-electron chi connectivity index (χ2n) is 10.3. The first-order valence-electron chi connectivity index (χ1n) is 12.2. The van der Waals surface area contributed by atoms with Crippen LogP contribution < -0.4 is 5.73 Å². The van der Waals surface area contributed by atoms with Crippen molar-refractivity contribution in [3.63, 3.8) is 0 Å². The van der Waals surface area contributed by atoms with E-state index in [-0.39, 0.29) is 18.2 Å². The fourth-order valence-electron chi connectivity index (χ4n) is 4.78. The summed E-state index contributed by atoms with van der Waals surface area (Å²) < 4.78 is 13.0. The number of likely N-dealkylation sites (tertiary alicyclic amines) is 1. The minimum Gasteiger partial charge on any atom is -0.444 e. The minimum absolute atomic E-state index is 0.101. The van der Waals surface area contributed by atoms with Crippen LogP contribution in [0, 0.1) is 18.8 Å². The molecule has 0 saturated carbocycles. The lowest BCUT2D eigenvalue weighted by Gasteiger charge is -2.28. The average molecular weight is 502 g/mol. The smallest absolute Gasteiger partial charge is 0.410 e. The van der Waals surface area contributed by atoms with E-state index in [1.54, 1.807) is 18.2 Å². The van der Waals surface area contributed by atoms with Crippen LogP contribution in [0.4, 0.5) is 10.6 Å². The van der Waals surface area contributed by atoms with Gasteiger partial charge in [-0.3, -0.25) is 4.68 Å². The van der Waals surface area contributed by atoms with Crippen LogP contribution in [0.3, 0.4) is 0 Å². The van der Waals surface area contributed by atoms with Gasteiger partial charge in [0.25, 0.3) is 0 Å². The molecule has 10 heteroatoms. The number of ether oxygens (including phenoxy) is 2. The lowest BCUT2D eigenvalue weighted by Crippen LogP contribution is -2.41. The van der Waals surface area contributed by atoms with E-state index >= 15 is 0 Å². The summed E-state index contributed by atoms with van der Waals surface area (Å²) in [6, 6.07) is 7.49. The van der Waals surface area contributed by atoms with Crippen molar-refractivity contribution in [2.75, 3.05) is 26.0 Å². The third-order valence-corrected chi connectivity index (χ3v) is 6.30. The third kappa shape index (κ3) is 4.95. The highest BCUT2D eigenvalue weighted by Gasteiger charge is 2.39. The molecule has 10 nitrogen and oxygen atoms in total. The minimum atomic E-state index is -0.592. The summed E-state index contributed by atoms with van der Waals surface area (Å²) >= 11 is 0. The maximum Gasteiger partial charge on any atom is 0.410 e. The number of hydrogen-bond donors (Lipinski definition) is 2. The number of H-pyrrole nitrogens is 1. The van der Waals surface area contributed by atoms with E-state index in [1.807, 2.05) is 56.6 Å². The van der Waals surface area contributed by atoms with E-state index in [0.29, 0.717) is 36.5 Å². The Morgan fingerprint density at radius 1 is 1.27 bits per heavy atom. The highest BCUT2D eigenvalue weighted by atomic mass is 16.6. The van der Waals surface area contributed by atoms with Crippen LogP contribution in [-0.2, 0) is 9.47 Å². The number of carbonyl (C=O) groups is 1. The number of carbonyl (C=O) groups excluding carboxylic acids is 1. The fourth-order valence-corrected chi connectivity index (χ4v) is 4.78. The highest BCUT2D eigenvalue weighted by Crippen LogP contribution is 2.33. The Labute approximate surface area is 215 Å². The Morgan fingerprint density at radius 3 is 2.84 bits per heavy atom. The van der Waals surface area contributed by atoms with Crippen molar-refractivity contribution in [2.24, 2.45) is 0 Å². The molecule has 0 unspecified atom stereocenters. The number of benzene rings is 1. The number of rotatable bonds is 3. The molecule has 1 fully saturated rings. The standard InChI is InChI=1S/C27H31N7O3/c1-16-30-20-8-6-17(12-22(20)31-16)7-9-21-24-23(10-11-29-25(24)28)34(32-21)18-13-19(15-36-5)33(14-18)26(35)37-27(2,3)4/h6,8,10-12,18-19H,13-15H2,1-5H3,(H2,28,29)(H,30,31)/t18-,19+/m0/s1. The Bertz CT molecular complexity index is 1540. The molecule has 1 saturated heterocycles. The first-order chi connectivity index (χ1) is 17.6. The Kier molecular flexibility index (Phi) is 6.25. The Morgan fingerprint density at radius 2 is 2.08 bits per heavy atom. The van der Waals surface area contributed by atoms with Crippen molar-refractivity contribution < 1.29 is 14.3 Å². The molecule has 3 aromatic heterocycles. The number of fused-ring (bicyclic) bond motifs is 2. The molecule has 4 heterocycles. The first-order valence-corrected chi connectivity index (χ1v) is 12.2. The van der Waals surface area contributed by atoms with E-state index in [9.17, 15) is 4.79 Å². The van der Waals surface area contributed by atoms with Crippen LogP contribution in [0.25, 0.3) is 21.9 Å². The summed E-state index contributed by atoms with van der Waals surface area (Å²) in [5, 5.41) is 5.56. The topological polar surface area (TPSA) is 124 Å². The van der Waals surface area contributed by atoms with Gasteiger partial charge in [-0.15, -0.1) is 0 Å². The molecule has 1 amide bonds. The largest absolute Gasteiger partial charge is 0.444 e. The molecule has 2 atom stereocenters. The number of anilines is 1. The molecule has 1 aliphatic heterocycles. The number of nitrogens with two attached hydrogens (primary N) is 1. The van der Waals surface area contributed by atoms with E-state index in [2.05, 4.69) is 26.8 Å². The zero-order valence-corrected chi connectivity index (χ0v) is 21.7. The van der Waals surface area contributed by atoms with Gasteiger partial charge in [-0.2, -0.15) is 5.10 Å². The number of hydrogen-bond acceptors (Lipinski definition) is 7. The Balaban J connectivity index is 1.50. The zero-order chi connectivity index (χ0) is 26.3. The van der Waals surface area contributed by atoms with Crippen molar-refractivity contribution in [3.05, 3.63) is 47.5 Å². The molecule has 5 rings (SSSR count). The van der Waals surface area contributed by atoms with Gasteiger partial charge in [-0.05, 0) is 64.3 Å². The molecule has 0 radical (unpaired) electrons. The lowest BCUT2D eigenvalue weighted by molar-refractivity contribution is 0.0145. The number of aromatic nitrogens is 5. The number of nitrogens with zero attached hydrogens (tertiary/aromatic N) is 5. The first kappa shape index (κ1) is 24.6. The third-order valence-electron chi connectivity index (χ3n) is 6.30. The number of nitrogen functional groups attached to an aromatic ring is 1. The SMILES string of the molecule is COC[C@H]1C[C@H](n2nc(C#Cc3ccc4[nH]c(C)nc4c3)c3c(N)nccc32)CN1C(=O)OC(C)(C)C. The number of aryl methyl sites for hydroxylation is 1. The van der Waals surface area contributed by atoms with Crippen LogP contribution in [0.1, 0.15) is 50.3 Å². The highest BCUT2D eigenvalue weighted by molar-refractivity contribution is 5.93. The van der Waals surface area contributed by atoms with Crippen molar-refractivity contribution in [1.82, 2.24) is 29.6 Å². The fraction of sp³-hybridized carbons (Fsp3) is 0.407.